The molecule has 4 bridgehead atoms. The molecule has 0 saturated heterocycles. The molecule has 0 aliphatic heterocycles. The molecule has 4 fully saturated rings. The highest BCUT2D eigenvalue weighted by Gasteiger charge is 2.61. The molecule has 1 nitrogen and oxygen atoms in total. The van der Waals surface area contributed by atoms with Gasteiger partial charge in [-0.1, -0.05) is 127 Å². The minimum atomic E-state index is 0.186. The van der Waals surface area contributed by atoms with E-state index in [1.54, 1.807) is 11.1 Å². The Morgan fingerprint density at radius 3 is 1.80 bits per heavy atom. The zero-order valence-electron chi connectivity index (χ0n) is 28.9. The van der Waals surface area contributed by atoms with Crippen LogP contribution in [0.3, 0.4) is 0 Å². The van der Waals surface area contributed by atoms with E-state index in [9.17, 15) is 0 Å². The summed E-state index contributed by atoms with van der Waals surface area (Å²) in [5.41, 5.74) is 15.0. The molecule has 7 aromatic rings. The third-order valence-corrected chi connectivity index (χ3v) is 13.2. The second-order valence-corrected chi connectivity index (χ2v) is 15.8. The van der Waals surface area contributed by atoms with Crippen molar-refractivity contribution in [3.05, 3.63) is 175 Å². The largest absolute Gasteiger partial charge is 0.310 e. The predicted octanol–water partition coefficient (Wildman–Crippen LogP) is 13.4. The van der Waals surface area contributed by atoms with Gasteiger partial charge in [-0.3, -0.25) is 0 Å². The van der Waals surface area contributed by atoms with Gasteiger partial charge in [-0.15, -0.1) is 0 Å². The minimum absolute atomic E-state index is 0.186. The third kappa shape index (κ3) is 4.40. The van der Waals surface area contributed by atoms with Crippen molar-refractivity contribution in [3.63, 3.8) is 0 Å². The summed E-state index contributed by atoms with van der Waals surface area (Å²) in [6.07, 6.45) is 7.13. The number of nitrogens with zero attached hydrogens (tertiary/aromatic N) is 1. The molecule has 5 aliphatic rings. The Morgan fingerprint density at radius 2 is 1.00 bits per heavy atom. The van der Waals surface area contributed by atoms with Crippen molar-refractivity contribution in [1.29, 1.82) is 0 Å². The molecule has 0 unspecified atom stereocenters. The molecular weight excluding hydrogens is 615 g/mol. The molecule has 0 heterocycles. The van der Waals surface area contributed by atoms with Gasteiger partial charge in [-0.05, 0) is 147 Å². The molecule has 1 heteroatoms. The molecule has 51 heavy (non-hydrogen) atoms. The molecule has 0 radical (unpaired) electrons. The van der Waals surface area contributed by atoms with Crippen LogP contribution < -0.4 is 4.90 Å². The second kappa shape index (κ2) is 11.3. The van der Waals surface area contributed by atoms with Crippen LogP contribution in [0.25, 0.3) is 44.2 Å². The lowest BCUT2D eigenvalue weighted by atomic mass is 9.43. The Hall–Kier alpha value is -5.40. The van der Waals surface area contributed by atoms with Gasteiger partial charge in [0, 0.05) is 22.5 Å². The lowest BCUT2D eigenvalue weighted by molar-refractivity contribution is -0.0399. The van der Waals surface area contributed by atoms with Gasteiger partial charge in [0.15, 0.2) is 0 Å². The second-order valence-electron chi connectivity index (χ2n) is 15.8. The molecule has 0 N–H and O–H groups in total. The molecular formula is C50H41N. The van der Waals surface area contributed by atoms with Crippen LogP contribution in [0.4, 0.5) is 17.1 Å². The summed E-state index contributed by atoms with van der Waals surface area (Å²) < 4.78 is 0. The summed E-state index contributed by atoms with van der Waals surface area (Å²) in [7, 11) is 0. The van der Waals surface area contributed by atoms with Crippen LogP contribution in [-0.4, -0.2) is 0 Å². The van der Waals surface area contributed by atoms with Crippen molar-refractivity contribution >= 4 is 27.8 Å². The number of hydrogen-bond donors (Lipinski definition) is 0. The van der Waals surface area contributed by atoms with E-state index in [2.05, 4.69) is 169 Å². The van der Waals surface area contributed by atoms with E-state index in [-0.39, 0.29) is 5.41 Å². The first-order chi connectivity index (χ1) is 25.2. The first kappa shape index (κ1) is 29.3. The summed E-state index contributed by atoms with van der Waals surface area (Å²) in [5, 5.41) is 2.50. The van der Waals surface area contributed by atoms with E-state index in [0.717, 1.165) is 40.7 Å². The van der Waals surface area contributed by atoms with Gasteiger partial charge in [-0.2, -0.15) is 0 Å². The number of benzene rings is 7. The highest BCUT2D eigenvalue weighted by Crippen LogP contribution is 2.70. The van der Waals surface area contributed by atoms with Crippen molar-refractivity contribution in [1.82, 2.24) is 0 Å². The maximum atomic E-state index is 2.51. The number of anilines is 3. The van der Waals surface area contributed by atoms with Crippen molar-refractivity contribution in [3.8, 4) is 33.4 Å². The highest BCUT2D eigenvalue weighted by atomic mass is 15.1. The van der Waals surface area contributed by atoms with Gasteiger partial charge >= 0.3 is 0 Å². The Labute approximate surface area is 301 Å². The van der Waals surface area contributed by atoms with Gasteiger partial charge in [-0.25, -0.2) is 0 Å². The van der Waals surface area contributed by atoms with Gasteiger partial charge in [0.1, 0.15) is 0 Å². The molecule has 12 rings (SSSR count). The van der Waals surface area contributed by atoms with Crippen molar-refractivity contribution in [2.75, 3.05) is 4.90 Å². The smallest absolute Gasteiger partial charge is 0.0468 e. The number of rotatable bonds is 5. The topological polar surface area (TPSA) is 3.24 Å². The Balaban J connectivity index is 1.04. The van der Waals surface area contributed by atoms with E-state index in [1.165, 1.54) is 76.3 Å². The zero-order valence-corrected chi connectivity index (χ0v) is 28.9. The van der Waals surface area contributed by atoms with Crippen LogP contribution in [0.15, 0.2) is 164 Å². The Kier molecular flexibility index (Phi) is 6.50. The fraction of sp³-hybridized carbons (Fsp3) is 0.200. The van der Waals surface area contributed by atoms with Gasteiger partial charge in [0.05, 0.1) is 0 Å². The van der Waals surface area contributed by atoms with E-state index in [4.69, 9.17) is 0 Å². The summed E-state index contributed by atoms with van der Waals surface area (Å²) in [6, 6.07) is 61.3. The van der Waals surface area contributed by atoms with Crippen LogP contribution in [0.1, 0.15) is 43.2 Å². The molecule has 1 spiro atoms. The standard InChI is InChI=1S/C50H41N/c1-2-10-35(11-3-1)39-14-8-15-43(31-39)51(44-25-20-36-12-4-5-13-38(36)32-44)42-23-21-37(22-24-42)45-17-9-19-48-49(45)46-16-6-7-18-47(46)50(48)40-27-33-26-34(29-40)30-41(50)28-33/h1-25,31-34,40-41H,26-30H2. The van der Waals surface area contributed by atoms with E-state index in [1.807, 2.05) is 0 Å². The molecule has 5 aliphatic carbocycles. The minimum Gasteiger partial charge on any atom is -0.310 e. The maximum Gasteiger partial charge on any atom is 0.0468 e. The summed E-state index contributed by atoms with van der Waals surface area (Å²) in [5.74, 6) is 3.44. The van der Waals surface area contributed by atoms with Crippen molar-refractivity contribution < 1.29 is 0 Å². The van der Waals surface area contributed by atoms with Crippen LogP contribution in [-0.2, 0) is 5.41 Å². The highest BCUT2D eigenvalue weighted by molar-refractivity contribution is 5.94. The number of hydrogen-bond acceptors (Lipinski definition) is 1. The van der Waals surface area contributed by atoms with Crippen LogP contribution in [0.2, 0.25) is 0 Å². The lowest BCUT2D eigenvalue weighted by Gasteiger charge is -2.61. The van der Waals surface area contributed by atoms with E-state index in [0.29, 0.717) is 0 Å². The first-order valence-electron chi connectivity index (χ1n) is 19.0. The fourth-order valence-electron chi connectivity index (χ4n) is 11.5. The monoisotopic (exact) mass is 655 g/mol. The van der Waals surface area contributed by atoms with E-state index < -0.39 is 0 Å². The van der Waals surface area contributed by atoms with Gasteiger partial charge in [0.25, 0.3) is 0 Å². The summed E-state index contributed by atoms with van der Waals surface area (Å²) in [4.78, 5) is 2.41. The average Bonchev–Trinajstić information content (AvgIpc) is 3.48. The van der Waals surface area contributed by atoms with Crippen molar-refractivity contribution in [2.45, 2.75) is 37.5 Å². The Morgan fingerprint density at radius 1 is 0.392 bits per heavy atom. The Bertz CT molecular complexity index is 2410. The van der Waals surface area contributed by atoms with Crippen LogP contribution in [0.5, 0.6) is 0 Å². The molecule has 0 amide bonds. The number of fused-ring (bicyclic) bond motifs is 4. The quantitative estimate of drug-likeness (QED) is 0.178. The van der Waals surface area contributed by atoms with Crippen LogP contribution >= 0.6 is 0 Å². The van der Waals surface area contributed by atoms with Crippen LogP contribution in [0, 0.1) is 23.7 Å². The van der Waals surface area contributed by atoms with Gasteiger partial charge < -0.3 is 4.90 Å². The molecule has 7 aromatic carbocycles. The van der Waals surface area contributed by atoms with E-state index >= 15 is 0 Å². The average molecular weight is 656 g/mol. The van der Waals surface area contributed by atoms with Gasteiger partial charge in [0.2, 0.25) is 0 Å². The van der Waals surface area contributed by atoms with Crippen molar-refractivity contribution in [2.24, 2.45) is 23.7 Å². The third-order valence-electron chi connectivity index (χ3n) is 13.2. The summed E-state index contributed by atoms with van der Waals surface area (Å²) in [6.45, 7) is 0. The molecule has 246 valence electrons. The first-order valence-corrected chi connectivity index (χ1v) is 19.0. The molecule has 0 atom stereocenters. The summed E-state index contributed by atoms with van der Waals surface area (Å²) >= 11 is 0. The fourth-order valence-corrected chi connectivity index (χ4v) is 11.5. The zero-order chi connectivity index (χ0) is 33.5. The molecule has 4 saturated carbocycles. The predicted molar refractivity (Wildman–Crippen MR) is 213 cm³/mol. The lowest BCUT2D eigenvalue weighted by Crippen LogP contribution is -2.55. The maximum absolute atomic E-state index is 2.51. The SMILES string of the molecule is c1ccc(-c2cccc(N(c3ccc(-c4cccc5c4-c4ccccc4C54C5CC6CC(C5)CC4C6)cc3)c3ccc4ccccc4c3)c2)cc1. The normalized spacial score (nSPS) is 23.8. The molecule has 0 aromatic heterocycles.